The number of hydrogen-bond donors (Lipinski definition) is 1. The van der Waals surface area contributed by atoms with Gasteiger partial charge in [0.2, 0.25) is 0 Å². The summed E-state index contributed by atoms with van der Waals surface area (Å²) in [5, 5.41) is 13.6. The van der Waals surface area contributed by atoms with Crippen molar-refractivity contribution in [3.63, 3.8) is 0 Å². The third-order valence-corrected chi connectivity index (χ3v) is 8.29. The van der Waals surface area contributed by atoms with Gasteiger partial charge in [-0.1, -0.05) is 78.3 Å². The van der Waals surface area contributed by atoms with Crippen LogP contribution in [-0.4, -0.2) is 17.7 Å². The lowest BCUT2D eigenvalue weighted by Crippen LogP contribution is -1.99. The van der Waals surface area contributed by atoms with Gasteiger partial charge in [-0.3, -0.25) is 4.79 Å². The maximum atomic E-state index is 10.9. The fraction of sp³-hybridized carbons (Fsp3) is 0.0938. The van der Waals surface area contributed by atoms with Crippen molar-refractivity contribution >= 4 is 45.8 Å². The second-order valence-electron chi connectivity index (χ2n) is 8.70. The molecular weight excluding hydrogens is 532 g/mol. The Morgan fingerprint density at radius 1 is 0.816 bits per heavy atom. The van der Waals surface area contributed by atoms with Crippen molar-refractivity contribution in [2.75, 3.05) is 6.61 Å². The van der Waals surface area contributed by atoms with Gasteiger partial charge in [-0.15, -0.1) is 22.7 Å². The number of carboxylic acid groups (broad SMARTS) is 1. The average molecular weight is 557 g/mol. The first-order chi connectivity index (χ1) is 18.6. The van der Waals surface area contributed by atoms with Gasteiger partial charge in [-0.05, 0) is 80.9 Å². The molecular formula is C32H25ClO3S2. The molecule has 0 aliphatic carbocycles. The smallest absolute Gasteiger partial charge is 0.303 e. The first kappa shape index (κ1) is 26.0. The number of ether oxygens (including phenoxy) is 1. The quantitative estimate of drug-likeness (QED) is 0.186. The number of aliphatic carboxylic acids is 1. The molecule has 5 aromatic rings. The molecule has 6 heteroatoms. The highest BCUT2D eigenvalue weighted by molar-refractivity contribution is 7.13. The Labute approximate surface area is 235 Å². The second-order valence-corrected chi connectivity index (χ2v) is 11.0. The van der Waals surface area contributed by atoms with Crippen LogP contribution in [-0.2, 0) is 11.2 Å². The monoisotopic (exact) mass is 556 g/mol. The van der Waals surface area contributed by atoms with Gasteiger partial charge in [0.05, 0.1) is 5.02 Å². The van der Waals surface area contributed by atoms with Gasteiger partial charge in [0.1, 0.15) is 12.4 Å². The van der Waals surface area contributed by atoms with Crippen molar-refractivity contribution in [1.29, 1.82) is 0 Å². The lowest BCUT2D eigenvalue weighted by Gasteiger charge is -2.12. The zero-order chi connectivity index (χ0) is 26.3. The number of carbonyl (C=O) groups is 1. The SMILES string of the molecule is O=C(O)CCc1ccc(OCC=C(c2ccc(-c3cccs3)cc2)c2ccc(-c3cccs3)cc2)c(Cl)c1. The van der Waals surface area contributed by atoms with Crippen molar-refractivity contribution in [1.82, 2.24) is 0 Å². The van der Waals surface area contributed by atoms with Crippen LogP contribution in [0.25, 0.3) is 26.5 Å². The minimum atomic E-state index is -0.828. The molecule has 0 fully saturated rings. The minimum Gasteiger partial charge on any atom is -0.488 e. The zero-order valence-electron chi connectivity index (χ0n) is 20.5. The van der Waals surface area contributed by atoms with Crippen molar-refractivity contribution in [3.05, 3.63) is 130 Å². The summed E-state index contributed by atoms with van der Waals surface area (Å²) in [6.45, 7) is 0.336. The molecule has 0 radical (unpaired) electrons. The van der Waals surface area contributed by atoms with Crippen LogP contribution in [0.4, 0.5) is 0 Å². The summed E-state index contributed by atoms with van der Waals surface area (Å²) in [5.41, 5.74) is 6.55. The van der Waals surface area contributed by atoms with E-state index in [9.17, 15) is 4.79 Å². The third-order valence-electron chi connectivity index (χ3n) is 6.15. The summed E-state index contributed by atoms with van der Waals surface area (Å²) < 4.78 is 6.03. The van der Waals surface area contributed by atoms with Gasteiger partial charge in [0.25, 0.3) is 0 Å². The largest absolute Gasteiger partial charge is 0.488 e. The van der Waals surface area contributed by atoms with Gasteiger partial charge < -0.3 is 9.84 Å². The molecule has 2 heterocycles. The fourth-order valence-corrected chi connectivity index (χ4v) is 5.92. The van der Waals surface area contributed by atoms with Crippen molar-refractivity contribution < 1.29 is 14.6 Å². The van der Waals surface area contributed by atoms with E-state index in [2.05, 4.69) is 89.6 Å². The lowest BCUT2D eigenvalue weighted by molar-refractivity contribution is -0.136. The number of hydrogen-bond acceptors (Lipinski definition) is 4. The molecule has 1 N–H and O–H groups in total. The van der Waals surface area contributed by atoms with Crippen molar-refractivity contribution in [3.8, 4) is 26.6 Å². The molecule has 190 valence electrons. The van der Waals surface area contributed by atoms with Gasteiger partial charge in [0, 0.05) is 16.2 Å². The number of carboxylic acids is 1. The Morgan fingerprint density at radius 2 is 1.39 bits per heavy atom. The van der Waals surface area contributed by atoms with Gasteiger partial charge in [-0.2, -0.15) is 0 Å². The summed E-state index contributed by atoms with van der Waals surface area (Å²) in [6, 6.07) is 31.1. The van der Waals surface area contributed by atoms with E-state index in [0.29, 0.717) is 23.8 Å². The number of aryl methyl sites for hydroxylation is 1. The topological polar surface area (TPSA) is 46.5 Å². The van der Waals surface area contributed by atoms with Crippen LogP contribution in [0, 0.1) is 0 Å². The standard InChI is InChI=1S/C32H25ClO3S2/c33-28-21-22(6-16-32(34)35)5-15-29(28)36-18-17-27(23-7-11-25(12-8-23)30-3-1-19-37-30)24-9-13-26(14-10-24)31-4-2-20-38-31/h1-5,7-15,17,19-21H,6,16,18H2,(H,34,35). The highest BCUT2D eigenvalue weighted by atomic mass is 35.5. The van der Waals surface area contributed by atoms with E-state index < -0.39 is 5.97 Å². The van der Waals surface area contributed by atoms with Gasteiger partial charge >= 0.3 is 5.97 Å². The van der Waals surface area contributed by atoms with Crippen LogP contribution in [0.3, 0.4) is 0 Å². The Hall–Kier alpha value is -3.64. The second kappa shape index (κ2) is 12.3. The van der Waals surface area contributed by atoms with Crippen LogP contribution in [0.15, 0.2) is 108 Å². The molecule has 5 rings (SSSR count). The average Bonchev–Trinajstić information content (AvgIpc) is 3.67. The summed E-state index contributed by atoms with van der Waals surface area (Å²) in [7, 11) is 0. The predicted octanol–water partition coefficient (Wildman–Crippen LogP) is 9.32. The van der Waals surface area contributed by atoms with E-state index in [4.69, 9.17) is 21.4 Å². The minimum absolute atomic E-state index is 0.0686. The van der Waals surface area contributed by atoms with Crippen molar-refractivity contribution in [2.24, 2.45) is 0 Å². The van der Waals surface area contributed by atoms with E-state index in [0.717, 1.165) is 22.3 Å². The van der Waals surface area contributed by atoms with Crippen LogP contribution in [0.2, 0.25) is 5.02 Å². The molecule has 0 saturated carbocycles. The van der Waals surface area contributed by atoms with Gasteiger partial charge in [-0.25, -0.2) is 0 Å². The first-order valence-corrected chi connectivity index (χ1v) is 14.3. The Kier molecular flexibility index (Phi) is 8.39. The van der Waals surface area contributed by atoms with E-state index in [1.54, 1.807) is 34.8 Å². The summed E-state index contributed by atoms with van der Waals surface area (Å²) in [6.07, 6.45) is 2.58. The maximum Gasteiger partial charge on any atom is 0.303 e. The van der Waals surface area contributed by atoms with Crippen molar-refractivity contribution in [2.45, 2.75) is 12.8 Å². The molecule has 0 spiro atoms. The summed E-state index contributed by atoms with van der Waals surface area (Å²) >= 11 is 9.90. The predicted molar refractivity (Wildman–Crippen MR) is 159 cm³/mol. The Morgan fingerprint density at radius 3 is 1.87 bits per heavy atom. The first-order valence-electron chi connectivity index (χ1n) is 12.2. The molecule has 0 saturated heterocycles. The molecule has 38 heavy (non-hydrogen) atoms. The van der Waals surface area contributed by atoms with E-state index in [1.807, 2.05) is 6.07 Å². The lowest BCUT2D eigenvalue weighted by atomic mass is 9.95. The van der Waals surface area contributed by atoms with Gasteiger partial charge in [0.15, 0.2) is 0 Å². The number of halogens is 1. The molecule has 0 atom stereocenters. The highest BCUT2D eigenvalue weighted by Gasteiger charge is 2.09. The number of benzene rings is 3. The summed E-state index contributed by atoms with van der Waals surface area (Å²) in [5.74, 6) is -0.256. The molecule has 2 aromatic heterocycles. The Bertz CT molecular complexity index is 1440. The molecule has 0 bridgehead atoms. The molecule has 0 aliphatic heterocycles. The van der Waals surface area contributed by atoms with E-state index in [-0.39, 0.29) is 6.42 Å². The molecule has 0 amide bonds. The molecule has 0 aliphatic rings. The Balaban J connectivity index is 1.39. The van der Waals surface area contributed by atoms with Crippen LogP contribution in [0.5, 0.6) is 5.75 Å². The van der Waals surface area contributed by atoms with Crippen LogP contribution >= 0.6 is 34.3 Å². The highest BCUT2D eigenvalue weighted by Crippen LogP contribution is 2.32. The number of thiophene rings is 2. The van der Waals surface area contributed by atoms with Crippen LogP contribution in [0.1, 0.15) is 23.1 Å². The normalized spacial score (nSPS) is 10.8. The fourth-order valence-electron chi connectivity index (χ4n) is 4.20. The van der Waals surface area contributed by atoms with E-state index in [1.165, 1.54) is 20.9 Å². The van der Waals surface area contributed by atoms with Crippen LogP contribution < -0.4 is 4.74 Å². The summed E-state index contributed by atoms with van der Waals surface area (Å²) in [4.78, 5) is 13.3. The third kappa shape index (κ3) is 6.43. The maximum absolute atomic E-state index is 10.9. The molecule has 3 aromatic carbocycles. The number of rotatable bonds is 10. The molecule has 3 nitrogen and oxygen atoms in total. The van der Waals surface area contributed by atoms with E-state index >= 15 is 0 Å². The molecule has 0 unspecified atom stereocenters. The zero-order valence-corrected chi connectivity index (χ0v) is 22.9.